The quantitative estimate of drug-likeness (QED) is 0.701. The van der Waals surface area contributed by atoms with Gasteiger partial charge in [-0.1, -0.05) is 6.92 Å². The van der Waals surface area contributed by atoms with Gasteiger partial charge in [0.2, 0.25) is 10.0 Å². The highest BCUT2D eigenvalue weighted by Gasteiger charge is 2.17. The number of rotatable bonds is 8. The standard InChI is InChI=1S/C12H19N5O2S2/c1-3-4-13-6-10-5-12(20-8-10)21(18,19)15-7-11-16-14-9-17(11)2/h5,8-9,13,15H,3-4,6-7H2,1-2H3. The second kappa shape index (κ2) is 7.12. The summed E-state index contributed by atoms with van der Waals surface area (Å²) < 4.78 is 28.9. The Morgan fingerprint density at radius 1 is 1.38 bits per heavy atom. The molecule has 0 aliphatic heterocycles. The minimum absolute atomic E-state index is 0.125. The molecule has 2 N–H and O–H groups in total. The van der Waals surface area contributed by atoms with Crippen LogP contribution in [0.2, 0.25) is 0 Å². The van der Waals surface area contributed by atoms with Crippen LogP contribution in [0.4, 0.5) is 0 Å². The molecule has 2 aromatic heterocycles. The molecular weight excluding hydrogens is 310 g/mol. The third-order valence-corrected chi connectivity index (χ3v) is 5.77. The zero-order valence-electron chi connectivity index (χ0n) is 12.0. The molecule has 0 fully saturated rings. The Balaban J connectivity index is 1.97. The predicted molar refractivity (Wildman–Crippen MR) is 81.3 cm³/mol. The Hall–Kier alpha value is -1.29. The molecule has 0 saturated carbocycles. The molecule has 0 saturated heterocycles. The van der Waals surface area contributed by atoms with Gasteiger partial charge in [0, 0.05) is 13.6 Å². The molecule has 0 unspecified atom stereocenters. The van der Waals surface area contributed by atoms with Crippen LogP contribution in [-0.4, -0.2) is 29.7 Å². The fourth-order valence-corrected chi connectivity index (χ4v) is 3.93. The molecule has 9 heteroatoms. The summed E-state index contributed by atoms with van der Waals surface area (Å²) in [5.74, 6) is 0.569. The van der Waals surface area contributed by atoms with Crippen molar-refractivity contribution in [3.63, 3.8) is 0 Å². The lowest BCUT2D eigenvalue weighted by Gasteiger charge is -2.04. The van der Waals surface area contributed by atoms with Crippen molar-refractivity contribution in [1.82, 2.24) is 24.8 Å². The molecule has 0 spiro atoms. The van der Waals surface area contributed by atoms with Gasteiger partial charge >= 0.3 is 0 Å². The molecule has 0 amide bonds. The number of nitrogens with one attached hydrogen (secondary N) is 2. The van der Waals surface area contributed by atoms with Crippen molar-refractivity contribution in [2.24, 2.45) is 7.05 Å². The highest BCUT2D eigenvalue weighted by Crippen LogP contribution is 2.20. The monoisotopic (exact) mass is 329 g/mol. The van der Waals surface area contributed by atoms with Gasteiger partial charge in [-0.3, -0.25) is 0 Å². The van der Waals surface area contributed by atoms with Gasteiger partial charge in [0.05, 0.1) is 6.54 Å². The zero-order chi connectivity index (χ0) is 15.3. The Labute approximate surface area is 128 Å². The van der Waals surface area contributed by atoms with Crippen molar-refractivity contribution < 1.29 is 8.42 Å². The largest absolute Gasteiger partial charge is 0.320 e. The van der Waals surface area contributed by atoms with Crippen LogP contribution in [0.5, 0.6) is 0 Å². The zero-order valence-corrected chi connectivity index (χ0v) is 13.7. The molecule has 2 heterocycles. The number of thiophene rings is 1. The van der Waals surface area contributed by atoms with E-state index in [1.54, 1.807) is 17.7 Å². The first kappa shape index (κ1) is 16.1. The average molecular weight is 329 g/mol. The van der Waals surface area contributed by atoms with E-state index in [0.29, 0.717) is 16.6 Å². The summed E-state index contributed by atoms with van der Waals surface area (Å²) in [7, 11) is -1.73. The van der Waals surface area contributed by atoms with E-state index >= 15 is 0 Å². The van der Waals surface area contributed by atoms with Crippen LogP contribution >= 0.6 is 11.3 Å². The highest BCUT2D eigenvalue weighted by atomic mass is 32.2. The Morgan fingerprint density at radius 3 is 2.86 bits per heavy atom. The summed E-state index contributed by atoms with van der Waals surface area (Å²) in [6.45, 7) is 3.82. The number of hydrogen-bond donors (Lipinski definition) is 2. The normalized spacial score (nSPS) is 11.9. The molecule has 2 aromatic rings. The van der Waals surface area contributed by atoms with Crippen LogP contribution in [0.15, 0.2) is 22.0 Å². The van der Waals surface area contributed by atoms with Crippen molar-refractivity contribution in [3.05, 3.63) is 29.2 Å². The predicted octanol–water partition coefficient (Wildman–Crippen LogP) is 0.855. The summed E-state index contributed by atoms with van der Waals surface area (Å²) >= 11 is 1.22. The average Bonchev–Trinajstić information content (AvgIpc) is 3.06. The minimum atomic E-state index is -3.50. The van der Waals surface area contributed by atoms with Crippen LogP contribution in [0.25, 0.3) is 0 Å². The molecule has 2 rings (SSSR count). The van der Waals surface area contributed by atoms with Crippen LogP contribution in [0.3, 0.4) is 0 Å². The van der Waals surface area contributed by atoms with Gasteiger partial charge in [-0.25, -0.2) is 13.1 Å². The summed E-state index contributed by atoms with van der Waals surface area (Å²) in [6, 6.07) is 1.70. The van der Waals surface area contributed by atoms with Crippen LogP contribution in [0.1, 0.15) is 24.7 Å². The highest BCUT2D eigenvalue weighted by molar-refractivity contribution is 7.91. The topological polar surface area (TPSA) is 88.9 Å². The van der Waals surface area contributed by atoms with Gasteiger partial charge in [-0.05, 0) is 30.0 Å². The van der Waals surface area contributed by atoms with Crippen molar-refractivity contribution in [3.8, 4) is 0 Å². The molecule has 0 aliphatic rings. The van der Waals surface area contributed by atoms with E-state index in [-0.39, 0.29) is 6.54 Å². The molecule has 0 aromatic carbocycles. The second-order valence-electron chi connectivity index (χ2n) is 4.63. The van der Waals surface area contributed by atoms with E-state index < -0.39 is 10.0 Å². The third kappa shape index (κ3) is 4.34. The number of hydrogen-bond acceptors (Lipinski definition) is 6. The van der Waals surface area contributed by atoms with Crippen molar-refractivity contribution >= 4 is 21.4 Å². The molecule has 21 heavy (non-hydrogen) atoms. The summed E-state index contributed by atoms with van der Waals surface area (Å²) in [4.78, 5) is 0. The Morgan fingerprint density at radius 2 is 2.19 bits per heavy atom. The van der Waals surface area contributed by atoms with Crippen molar-refractivity contribution in [2.75, 3.05) is 6.54 Å². The fraction of sp³-hybridized carbons (Fsp3) is 0.500. The Bertz CT molecular complexity index is 677. The number of nitrogens with zero attached hydrogens (tertiary/aromatic N) is 3. The smallest absolute Gasteiger partial charge is 0.250 e. The van der Waals surface area contributed by atoms with Gasteiger partial charge in [0.25, 0.3) is 0 Å². The lowest BCUT2D eigenvalue weighted by atomic mass is 10.3. The SMILES string of the molecule is CCCNCc1csc(S(=O)(=O)NCc2nncn2C)c1. The molecule has 0 radical (unpaired) electrons. The minimum Gasteiger partial charge on any atom is -0.320 e. The van der Waals surface area contributed by atoms with E-state index in [1.807, 2.05) is 5.38 Å². The van der Waals surface area contributed by atoms with Gasteiger partial charge in [0.15, 0.2) is 0 Å². The van der Waals surface area contributed by atoms with E-state index in [9.17, 15) is 8.42 Å². The van der Waals surface area contributed by atoms with Gasteiger partial charge in [0.1, 0.15) is 16.4 Å². The summed E-state index contributed by atoms with van der Waals surface area (Å²) in [5, 5.41) is 12.7. The van der Waals surface area contributed by atoms with E-state index in [1.165, 1.54) is 17.7 Å². The number of aromatic nitrogens is 3. The number of aryl methyl sites for hydroxylation is 1. The van der Waals surface area contributed by atoms with Gasteiger partial charge in [-0.2, -0.15) is 0 Å². The lowest BCUT2D eigenvalue weighted by molar-refractivity contribution is 0.579. The Kier molecular flexibility index (Phi) is 5.45. The van der Waals surface area contributed by atoms with E-state index in [4.69, 9.17) is 0 Å². The second-order valence-corrected chi connectivity index (χ2v) is 7.54. The summed E-state index contributed by atoms with van der Waals surface area (Å²) in [5.41, 5.74) is 0.979. The van der Waals surface area contributed by atoms with Gasteiger partial charge in [-0.15, -0.1) is 21.5 Å². The van der Waals surface area contributed by atoms with Crippen LogP contribution in [-0.2, 0) is 30.2 Å². The maximum atomic E-state index is 12.2. The fourth-order valence-electron chi connectivity index (χ4n) is 1.69. The molecule has 0 aliphatic carbocycles. The maximum absolute atomic E-state index is 12.2. The van der Waals surface area contributed by atoms with Crippen LogP contribution < -0.4 is 10.0 Å². The lowest BCUT2D eigenvalue weighted by Crippen LogP contribution is -2.24. The van der Waals surface area contributed by atoms with E-state index in [2.05, 4.69) is 27.2 Å². The molecule has 7 nitrogen and oxygen atoms in total. The first-order valence-corrected chi connectivity index (χ1v) is 9.00. The molecule has 116 valence electrons. The first-order valence-electron chi connectivity index (χ1n) is 6.63. The summed E-state index contributed by atoms with van der Waals surface area (Å²) in [6.07, 6.45) is 2.58. The molecule has 0 bridgehead atoms. The van der Waals surface area contributed by atoms with Crippen LogP contribution in [0, 0.1) is 0 Å². The third-order valence-electron chi connectivity index (χ3n) is 2.88. The number of sulfonamides is 1. The first-order chi connectivity index (χ1) is 10.0. The maximum Gasteiger partial charge on any atom is 0.250 e. The molecular formula is C12H19N5O2S2. The van der Waals surface area contributed by atoms with Crippen molar-refractivity contribution in [1.29, 1.82) is 0 Å². The van der Waals surface area contributed by atoms with E-state index in [0.717, 1.165) is 18.5 Å². The van der Waals surface area contributed by atoms with Gasteiger partial charge < -0.3 is 9.88 Å². The molecule has 0 atom stereocenters. The van der Waals surface area contributed by atoms with Crippen molar-refractivity contribution in [2.45, 2.75) is 30.6 Å².